The van der Waals surface area contributed by atoms with Crippen molar-refractivity contribution in [2.45, 2.75) is 19.8 Å². The molecular weight excluding hydrogens is 281 g/mol. The summed E-state index contributed by atoms with van der Waals surface area (Å²) in [6, 6.07) is 6.72. The second-order valence-electron chi connectivity index (χ2n) is 6.04. The van der Waals surface area contributed by atoms with Gasteiger partial charge in [0.25, 0.3) is 0 Å². The van der Waals surface area contributed by atoms with Crippen molar-refractivity contribution in [3.8, 4) is 0 Å². The van der Waals surface area contributed by atoms with Gasteiger partial charge in [0, 0.05) is 32.4 Å². The topological polar surface area (TPSA) is 35.6 Å². The first-order valence-corrected chi connectivity index (χ1v) is 7.87. The molecule has 1 N–H and O–H groups in total. The van der Waals surface area contributed by atoms with Crippen LogP contribution in [0.15, 0.2) is 36.0 Å². The molecule has 5 heteroatoms. The quantitative estimate of drug-likeness (QED) is 0.932. The predicted octanol–water partition coefficient (Wildman–Crippen LogP) is 2.97. The van der Waals surface area contributed by atoms with Crippen molar-refractivity contribution >= 4 is 11.7 Å². The van der Waals surface area contributed by atoms with E-state index in [4.69, 9.17) is 0 Å². The fourth-order valence-electron chi connectivity index (χ4n) is 2.78. The Hall–Kier alpha value is -2.04. The number of hydrogen-bond acceptors (Lipinski definition) is 2. The van der Waals surface area contributed by atoms with Gasteiger partial charge in [-0.1, -0.05) is 17.7 Å². The minimum absolute atomic E-state index is 0.0619. The second kappa shape index (κ2) is 6.38. The summed E-state index contributed by atoms with van der Waals surface area (Å²) >= 11 is 0. The Labute approximate surface area is 130 Å². The largest absolute Gasteiger partial charge is 0.366 e. The highest BCUT2D eigenvalue weighted by Gasteiger charge is 2.24. The van der Waals surface area contributed by atoms with Crippen LogP contribution in [0.2, 0.25) is 0 Å². The summed E-state index contributed by atoms with van der Waals surface area (Å²) < 4.78 is 13.8. The zero-order valence-electron chi connectivity index (χ0n) is 12.9. The predicted molar refractivity (Wildman–Crippen MR) is 85.2 cm³/mol. The summed E-state index contributed by atoms with van der Waals surface area (Å²) in [5.41, 5.74) is 1.87. The maximum Gasteiger partial charge on any atom is 0.321 e. The van der Waals surface area contributed by atoms with E-state index in [1.165, 1.54) is 24.5 Å². The Kier molecular flexibility index (Phi) is 4.32. The van der Waals surface area contributed by atoms with Crippen LogP contribution in [0.5, 0.6) is 0 Å². The van der Waals surface area contributed by atoms with Gasteiger partial charge in [-0.05, 0) is 37.8 Å². The zero-order chi connectivity index (χ0) is 15.5. The standard InChI is InChI=1S/C17H22FN3O/c1-13(14-6-7-14)12-19-17(22)21-10-8-20(9-11-21)16-5-3-2-4-15(16)18/h2-5,12,14H,6-11H2,1H3,(H,19,22)/b13-12+. The summed E-state index contributed by atoms with van der Waals surface area (Å²) in [7, 11) is 0. The van der Waals surface area contributed by atoms with Gasteiger partial charge in [0.05, 0.1) is 5.69 Å². The third-order valence-electron chi connectivity index (χ3n) is 4.40. The summed E-state index contributed by atoms with van der Waals surface area (Å²) in [4.78, 5) is 15.9. The lowest BCUT2D eigenvalue weighted by atomic mass is 10.2. The van der Waals surface area contributed by atoms with E-state index in [9.17, 15) is 9.18 Å². The van der Waals surface area contributed by atoms with E-state index in [0.29, 0.717) is 37.8 Å². The van der Waals surface area contributed by atoms with E-state index in [0.717, 1.165) is 0 Å². The Morgan fingerprint density at radius 1 is 1.23 bits per heavy atom. The van der Waals surface area contributed by atoms with Crippen LogP contribution in [0.1, 0.15) is 19.8 Å². The number of urea groups is 1. The highest BCUT2D eigenvalue weighted by Crippen LogP contribution is 2.35. The fraction of sp³-hybridized carbons (Fsp3) is 0.471. The molecule has 22 heavy (non-hydrogen) atoms. The molecule has 2 amide bonds. The van der Waals surface area contributed by atoms with Crippen molar-refractivity contribution < 1.29 is 9.18 Å². The fourth-order valence-corrected chi connectivity index (χ4v) is 2.78. The van der Waals surface area contributed by atoms with Gasteiger partial charge in [-0.3, -0.25) is 0 Å². The molecular formula is C17H22FN3O. The number of nitrogens with zero attached hydrogens (tertiary/aromatic N) is 2. The lowest BCUT2D eigenvalue weighted by Gasteiger charge is -2.36. The molecule has 0 radical (unpaired) electrons. The molecule has 0 bridgehead atoms. The van der Waals surface area contributed by atoms with Crippen molar-refractivity contribution in [2.75, 3.05) is 31.1 Å². The van der Waals surface area contributed by atoms with Crippen LogP contribution < -0.4 is 10.2 Å². The van der Waals surface area contributed by atoms with Crippen LogP contribution in [0.25, 0.3) is 0 Å². The summed E-state index contributed by atoms with van der Waals surface area (Å²) in [6.07, 6.45) is 4.31. The van der Waals surface area contributed by atoms with Crippen molar-refractivity contribution in [3.05, 3.63) is 41.9 Å². The Morgan fingerprint density at radius 2 is 1.91 bits per heavy atom. The van der Waals surface area contributed by atoms with Gasteiger partial charge in [0.15, 0.2) is 0 Å². The van der Waals surface area contributed by atoms with Crippen molar-refractivity contribution in [3.63, 3.8) is 0 Å². The summed E-state index contributed by atoms with van der Waals surface area (Å²) in [5, 5.41) is 2.87. The van der Waals surface area contributed by atoms with Crippen molar-refractivity contribution in [1.82, 2.24) is 10.2 Å². The molecule has 0 spiro atoms. The maximum absolute atomic E-state index is 13.8. The molecule has 3 rings (SSSR count). The zero-order valence-corrected chi connectivity index (χ0v) is 12.9. The monoisotopic (exact) mass is 303 g/mol. The number of para-hydroxylation sites is 1. The van der Waals surface area contributed by atoms with E-state index in [-0.39, 0.29) is 11.8 Å². The minimum Gasteiger partial charge on any atom is -0.366 e. The van der Waals surface area contributed by atoms with Crippen LogP contribution in [0, 0.1) is 11.7 Å². The van der Waals surface area contributed by atoms with E-state index in [1.54, 1.807) is 17.0 Å². The second-order valence-corrected chi connectivity index (χ2v) is 6.04. The van der Waals surface area contributed by atoms with Crippen LogP contribution in [-0.4, -0.2) is 37.1 Å². The van der Waals surface area contributed by atoms with Crippen LogP contribution in [0.4, 0.5) is 14.9 Å². The molecule has 2 fully saturated rings. The molecule has 1 saturated carbocycles. The minimum atomic E-state index is -0.205. The molecule has 118 valence electrons. The number of rotatable bonds is 3. The molecule has 1 aromatic rings. The average molecular weight is 303 g/mol. The first-order valence-electron chi connectivity index (χ1n) is 7.87. The molecule has 0 unspecified atom stereocenters. The molecule has 1 aliphatic heterocycles. The lowest BCUT2D eigenvalue weighted by molar-refractivity contribution is 0.198. The molecule has 1 aromatic carbocycles. The Balaban J connectivity index is 1.52. The SMILES string of the molecule is C/C(=C\NC(=O)N1CCN(c2ccccc2F)CC1)C1CC1. The van der Waals surface area contributed by atoms with E-state index in [2.05, 4.69) is 12.2 Å². The van der Waals surface area contributed by atoms with Crippen molar-refractivity contribution in [2.24, 2.45) is 5.92 Å². The van der Waals surface area contributed by atoms with E-state index >= 15 is 0 Å². The smallest absolute Gasteiger partial charge is 0.321 e. The van der Waals surface area contributed by atoms with Gasteiger partial charge < -0.3 is 15.1 Å². The molecule has 1 saturated heterocycles. The number of allylic oxidation sites excluding steroid dienone is 1. The third-order valence-corrected chi connectivity index (χ3v) is 4.40. The first kappa shape index (κ1) is 14.9. The molecule has 0 aromatic heterocycles. The van der Waals surface area contributed by atoms with Gasteiger partial charge in [-0.15, -0.1) is 0 Å². The number of halogens is 1. The Morgan fingerprint density at radius 3 is 2.55 bits per heavy atom. The number of amides is 2. The van der Waals surface area contributed by atoms with Crippen molar-refractivity contribution in [1.29, 1.82) is 0 Å². The molecule has 2 aliphatic rings. The number of piperazine rings is 1. The first-order chi connectivity index (χ1) is 10.6. The highest BCUT2D eigenvalue weighted by molar-refractivity contribution is 5.75. The lowest BCUT2D eigenvalue weighted by Crippen LogP contribution is -2.51. The molecule has 4 nitrogen and oxygen atoms in total. The number of hydrogen-bond donors (Lipinski definition) is 1. The van der Waals surface area contributed by atoms with Gasteiger partial charge in [0.2, 0.25) is 0 Å². The van der Waals surface area contributed by atoms with Gasteiger partial charge in [-0.2, -0.15) is 0 Å². The molecule has 0 atom stereocenters. The van der Waals surface area contributed by atoms with Crippen LogP contribution in [0.3, 0.4) is 0 Å². The third kappa shape index (κ3) is 3.40. The van der Waals surface area contributed by atoms with Gasteiger partial charge in [0.1, 0.15) is 5.82 Å². The number of carbonyl (C=O) groups excluding carboxylic acids is 1. The average Bonchev–Trinajstić information content (AvgIpc) is 3.38. The van der Waals surface area contributed by atoms with E-state index in [1.807, 2.05) is 17.2 Å². The van der Waals surface area contributed by atoms with Gasteiger partial charge in [-0.25, -0.2) is 9.18 Å². The summed E-state index contributed by atoms with van der Waals surface area (Å²) in [6.45, 7) is 4.58. The maximum atomic E-state index is 13.8. The number of anilines is 1. The highest BCUT2D eigenvalue weighted by atomic mass is 19.1. The van der Waals surface area contributed by atoms with Crippen LogP contribution >= 0.6 is 0 Å². The normalized spacial score (nSPS) is 19.3. The molecule has 1 aliphatic carbocycles. The summed E-state index contributed by atoms with van der Waals surface area (Å²) in [5.74, 6) is 0.460. The molecule has 1 heterocycles. The number of nitrogens with one attached hydrogen (secondary N) is 1. The Bertz CT molecular complexity index is 575. The van der Waals surface area contributed by atoms with E-state index < -0.39 is 0 Å². The number of benzene rings is 1. The van der Waals surface area contributed by atoms with Gasteiger partial charge >= 0.3 is 6.03 Å². The number of carbonyl (C=O) groups is 1. The van der Waals surface area contributed by atoms with Crippen LogP contribution in [-0.2, 0) is 0 Å².